The molecule has 0 saturated heterocycles. The molecule has 4 heteroatoms. The van der Waals surface area contributed by atoms with Gasteiger partial charge in [-0.25, -0.2) is 0 Å². The third kappa shape index (κ3) is 2.90. The Kier molecular flexibility index (Phi) is 4.42. The molecule has 2 aromatic rings. The second-order valence-electron chi connectivity index (χ2n) is 4.50. The lowest BCUT2D eigenvalue weighted by molar-refractivity contribution is 0.220. The third-order valence-corrected chi connectivity index (χ3v) is 4.34. The summed E-state index contributed by atoms with van der Waals surface area (Å²) >= 11 is 18.3. The van der Waals surface area contributed by atoms with Crippen molar-refractivity contribution in [3.63, 3.8) is 0 Å². The average molecular weight is 316 g/mol. The standard InChI is InChI=1S/C15H13Cl3O/c1-8-6-11(13(17)7-9(8)2)15(19)10-4-3-5-12(16)14(10)18/h3-7,15,19H,1-2H3. The maximum Gasteiger partial charge on any atom is 0.107 e. The van der Waals surface area contributed by atoms with Gasteiger partial charge < -0.3 is 5.11 Å². The highest BCUT2D eigenvalue weighted by atomic mass is 35.5. The van der Waals surface area contributed by atoms with Gasteiger partial charge in [-0.3, -0.25) is 0 Å². The summed E-state index contributed by atoms with van der Waals surface area (Å²) in [7, 11) is 0. The van der Waals surface area contributed by atoms with Crippen LogP contribution in [0.2, 0.25) is 15.1 Å². The molecule has 1 atom stereocenters. The quantitative estimate of drug-likeness (QED) is 0.792. The van der Waals surface area contributed by atoms with Crippen molar-refractivity contribution in [1.29, 1.82) is 0 Å². The van der Waals surface area contributed by atoms with Crippen LogP contribution in [0.15, 0.2) is 30.3 Å². The normalized spacial score (nSPS) is 12.5. The van der Waals surface area contributed by atoms with Crippen molar-refractivity contribution < 1.29 is 5.11 Å². The van der Waals surface area contributed by atoms with Gasteiger partial charge in [0.05, 0.1) is 10.0 Å². The van der Waals surface area contributed by atoms with Crippen LogP contribution in [-0.2, 0) is 0 Å². The first-order valence-corrected chi connectivity index (χ1v) is 6.94. The highest BCUT2D eigenvalue weighted by Gasteiger charge is 2.18. The summed E-state index contributed by atoms with van der Waals surface area (Å²) in [6.45, 7) is 3.95. The van der Waals surface area contributed by atoms with E-state index in [0.717, 1.165) is 11.1 Å². The maximum atomic E-state index is 10.5. The van der Waals surface area contributed by atoms with E-state index in [1.54, 1.807) is 18.2 Å². The Hall–Kier alpha value is -0.730. The molecule has 0 heterocycles. The summed E-state index contributed by atoms with van der Waals surface area (Å²) in [5, 5.41) is 11.8. The highest BCUT2D eigenvalue weighted by Crippen LogP contribution is 2.36. The van der Waals surface area contributed by atoms with E-state index in [4.69, 9.17) is 34.8 Å². The molecule has 0 spiro atoms. The molecule has 0 saturated carbocycles. The first-order chi connectivity index (χ1) is 8.91. The zero-order chi connectivity index (χ0) is 14.2. The van der Waals surface area contributed by atoms with Crippen molar-refractivity contribution in [2.75, 3.05) is 0 Å². The number of aryl methyl sites for hydroxylation is 2. The molecule has 0 aliphatic heterocycles. The Morgan fingerprint density at radius 3 is 2.21 bits per heavy atom. The molecule has 0 bridgehead atoms. The minimum absolute atomic E-state index is 0.353. The third-order valence-electron chi connectivity index (χ3n) is 3.18. The molecule has 0 aliphatic carbocycles. The van der Waals surface area contributed by atoms with Crippen LogP contribution in [0.4, 0.5) is 0 Å². The molecule has 100 valence electrons. The molecule has 2 aromatic carbocycles. The fourth-order valence-electron chi connectivity index (χ4n) is 1.91. The molecule has 2 rings (SSSR count). The molecule has 19 heavy (non-hydrogen) atoms. The van der Waals surface area contributed by atoms with Crippen LogP contribution in [0, 0.1) is 13.8 Å². The lowest BCUT2D eigenvalue weighted by Gasteiger charge is -2.17. The number of aliphatic hydroxyl groups excluding tert-OH is 1. The Morgan fingerprint density at radius 1 is 0.895 bits per heavy atom. The van der Waals surface area contributed by atoms with Crippen molar-refractivity contribution in [2.24, 2.45) is 0 Å². The summed E-state index contributed by atoms with van der Waals surface area (Å²) in [5.41, 5.74) is 3.34. The minimum atomic E-state index is -0.891. The predicted molar refractivity (Wildman–Crippen MR) is 81.4 cm³/mol. The number of rotatable bonds is 2. The lowest BCUT2D eigenvalue weighted by atomic mass is 9.97. The summed E-state index contributed by atoms with van der Waals surface area (Å²) in [5.74, 6) is 0. The van der Waals surface area contributed by atoms with Crippen molar-refractivity contribution in [2.45, 2.75) is 20.0 Å². The van der Waals surface area contributed by atoms with Gasteiger partial charge in [0.15, 0.2) is 0 Å². The molecule has 1 N–H and O–H groups in total. The van der Waals surface area contributed by atoms with E-state index in [9.17, 15) is 5.11 Å². The number of aliphatic hydroxyl groups is 1. The molecule has 1 nitrogen and oxygen atoms in total. The monoisotopic (exact) mass is 314 g/mol. The molecule has 0 fully saturated rings. The van der Waals surface area contributed by atoms with Crippen LogP contribution in [0.3, 0.4) is 0 Å². The second kappa shape index (κ2) is 5.72. The van der Waals surface area contributed by atoms with Gasteiger partial charge in [0.2, 0.25) is 0 Å². The number of halogens is 3. The largest absolute Gasteiger partial charge is 0.384 e. The first kappa shape index (κ1) is 14.7. The van der Waals surface area contributed by atoms with Crippen molar-refractivity contribution in [3.05, 3.63) is 67.7 Å². The molecular formula is C15H13Cl3O. The summed E-state index contributed by atoms with van der Waals surface area (Å²) in [6, 6.07) is 8.89. The molecule has 0 amide bonds. The molecule has 0 radical (unpaired) electrons. The first-order valence-electron chi connectivity index (χ1n) is 5.80. The van der Waals surface area contributed by atoms with E-state index in [1.807, 2.05) is 26.0 Å². The fraction of sp³-hybridized carbons (Fsp3) is 0.200. The van der Waals surface area contributed by atoms with E-state index in [2.05, 4.69) is 0 Å². The smallest absolute Gasteiger partial charge is 0.107 e. The topological polar surface area (TPSA) is 20.2 Å². The number of hydrogen-bond donors (Lipinski definition) is 1. The molecule has 1 unspecified atom stereocenters. The van der Waals surface area contributed by atoms with Gasteiger partial charge in [-0.15, -0.1) is 0 Å². The predicted octanol–water partition coefficient (Wildman–Crippen LogP) is 5.35. The van der Waals surface area contributed by atoms with E-state index < -0.39 is 6.10 Å². The Morgan fingerprint density at radius 2 is 1.53 bits per heavy atom. The van der Waals surface area contributed by atoms with E-state index in [0.29, 0.717) is 26.2 Å². The van der Waals surface area contributed by atoms with Gasteiger partial charge in [0.1, 0.15) is 6.10 Å². The summed E-state index contributed by atoms with van der Waals surface area (Å²) < 4.78 is 0. The van der Waals surface area contributed by atoms with Crippen molar-refractivity contribution in [3.8, 4) is 0 Å². The highest BCUT2D eigenvalue weighted by molar-refractivity contribution is 6.42. The van der Waals surface area contributed by atoms with Crippen molar-refractivity contribution in [1.82, 2.24) is 0 Å². The van der Waals surface area contributed by atoms with Gasteiger partial charge in [-0.05, 0) is 37.1 Å². The molecule has 0 aliphatic rings. The van der Waals surface area contributed by atoms with Gasteiger partial charge in [-0.2, -0.15) is 0 Å². The lowest BCUT2D eigenvalue weighted by Crippen LogP contribution is -2.03. The Balaban J connectivity index is 2.53. The zero-order valence-electron chi connectivity index (χ0n) is 10.5. The van der Waals surface area contributed by atoms with Crippen LogP contribution in [-0.4, -0.2) is 5.11 Å². The Labute approximate surface area is 127 Å². The molecular weight excluding hydrogens is 303 g/mol. The van der Waals surface area contributed by atoms with E-state index >= 15 is 0 Å². The van der Waals surface area contributed by atoms with Gasteiger partial charge in [0, 0.05) is 16.1 Å². The van der Waals surface area contributed by atoms with Crippen LogP contribution < -0.4 is 0 Å². The zero-order valence-corrected chi connectivity index (χ0v) is 12.8. The van der Waals surface area contributed by atoms with Crippen molar-refractivity contribution >= 4 is 34.8 Å². The number of benzene rings is 2. The summed E-state index contributed by atoms with van der Waals surface area (Å²) in [6.07, 6.45) is -0.891. The van der Waals surface area contributed by atoms with Crippen LogP contribution in [0.5, 0.6) is 0 Å². The van der Waals surface area contributed by atoms with Crippen LogP contribution in [0.25, 0.3) is 0 Å². The Bertz CT molecular complexity index is 623. The maximum absolute atomic E-state index is 10.5. The average Bonchev–Trinajstić information content (AvgIpc) is 2.36. The second-order valence-corrected chi connectivity index (χ2v) is 5.70. The SMILES string of the molecule is Cc1cc(Cl)c(C(O)c2cccc(Cl)c2Cl)cc1C. The van der Waals surface area contributed by atoms with Gasteiger partial charge in [-0.1, -0.05) is 53.0 Å². The minimum Gasteiger partial charge on any atom is -0.384 e. The summed E-state index contributed by atoms with van der Waals surface area (Å²) in [4.78, 5) is 0. The fourth-order valence-corrected chi connectivity index (χ4v) is 2.64. The van der Waals surface area contributed by atoms with Crippen LogP contribution >= 0.6 is 34.8 Å². The van der Waals surface area contributed by atoms with Crippen LogP contribution in [0.1, 0.15) is 28.4 Å². The van der Waals surface area contributed by atoms with Gasteiger partial charge >= 0.3 is 0 Å². The molecule has 0 aromatic heterocycles. The van der Waals surface area contributed by atoms with E-state index in [-0.39, 0.29) is 0 Å². The number of hydrogen-bond acceptors (Lipinski definition) is 1. The van der Waals surface area contributed by atoms with E-state index in [1.165, 1.54) is 0 Å². The van der Waals surface area contributed by atoms with Gasteiger partial charge in [0.25, 0.3) is 0 Å².